The van der Waals surface area contributed by atoms with E-state index in [-0.39, 0.29) is 40.2 Å². The minimum absolute atomic E-state index is 0.0297. The van der Waals surface area contributed by atoms with Crippen LogP contribution in [0.15, 0.2) is 64.5 Å². The van der Waals surface area contributed by atoms with Crippen LogP contribution in [0.1, 0.15) is 88.0 Å². The van der Waals surface area contributed by atoms with Crippen LogP contribution in [0.25, 0.3) is 16.7 Å². The minimum Gasteiger partial charge on any atom is -0.370 e. The Hall–Kier alpha value is -5.21. The van der Waals surface area contributed by atoms with Gasteiger partial charge in [-0.25, -0.2) is 4.79 Å². The van der Waals surface area contributed by atoms with Crippen LogP contribution in [0.4, 0.5) is 5.69 Å². The Balaban J connectivity index is 0.000000215. The Kier molecular flexibility index (Phi) is 13.6. The summed E-state index contributed by atoms with van der Waals surface area (Å²) in [6.07, 6.45) is 4.02. The first kappa shape index (κ1) is 41.9. The zero-order chi connectivity index (χ0) is 40.6. The lowest BCUT2D eigenvalue weighted by atomic mass is 9.85. The summed E-state index contributed by atoms with van der Waals surface area (Å²) in [7, 11) is 0. The van der Waals surface area contributed by atoms with Crippen molar-refractivity contribution in [2.75, 3.05) is 57.3 Å². The number of aromatic amines is 1. The van der Waals surface area contributed by atoms with Crippen molar-refractivity contribution in [1.82, 2.24) is 30.1 Å². The molecule has 2 saturated heterocycles. The number of likely N-dealkylation sites (tertiary alicyclic amines) is 1. The van der Waals surface area contributed by atoms with Crippen molar-refractivity contribution >= 4 is 34.5 Å². The second kappa shape index (κ2) is 18.2. The third kappa shape index (κ3) is 11.2. The summed E-state index contributed by atoms with van der Waals surface area (Å²) < 4.78 is 1.58. The molecule has 0 saturated carbocycles. The number of carbonyl (C=O) groups is 2. The highest BCUT2D eigenvalue weighted by molar-refractivity contribution is 5.96. The van der Waals surface area contributed by atoms with Crippen molar-refractivity contribution in [1.29, 1.82) is 0 Å². The first-order valence-electron chi connectivity index (χ1n) is 19.7. The Morgan fingerprint density at radius 1 is 0.893 bits per heavy atom. The number of primary amides is 1. The molecule has 2 fully saturated rings. The van der Waals surface area contributed by atoms with Crippen LogP contribution in [0.2, 0.25) is 0 Å². The van der Waals surface area contributed by atoms with Gasteiger partial charge in [0.25, 0.3) is 5.91 Å². The van der Waals surface area contributed by atoms with Crippen LogP contribution >= 0.6 is 0 Å². The van der Waals surface area contributed by atoms with Gasteiger partial charge in [0, 0.05) is 92.2 Å². The second-order valence-electron chi connectivity index (χ2n) is 16.9. The molecule has 14 nitrogen and oxygen atoms in total. The first-order chi connectivity index (χ1) is 26.5. The number of benzene rings is 2. The summed E-state index contributed by atoms with van der Waals surface area (Å²) >= 11 is 0. The molecule has 9 N–H and O–H groups in total. The minimum atomic E-state index is -0.301. The number of nitrogens with one attached hydrogen (secondary N) is 3. The van der Waals surface area contributed by atoms with Crippen LogP contribution in [0.3, 0.4) is 0 Å². The van der Waals surface area contributed by atoms with E-state index < -0.39 is 0 Å². The Morgan fingerprint density at radius 3 is 2.18 bits per heavy atom. The molecule has 6 rings (SSSR count). The highest BCUT2D eigenvalue weighted by atomic mass is 16.2. The van der Waals surface area contributed by atoms with Crippen LogP contribution < -0.4 is 38.4 Å². The molecular formula is C42H61N11O3. The van der Waals surface area contributed by atoms with Crippen LogP contribution in [-0.4, -0.2) is 89.6 Å². The fraction of sp³-hybridized carbons (Fsp3) is 0.500. The molecular weight excluding hydrogens is 707 g/mol. The number of aromatic nitrogens is 3. The van der Waals surface area contributed by atoms with E-state index in [1.54, 1.807) is 4.57 Å². The molecule has 14 heteroatoms. The van der Waals surface area contributed by atoms with Gasteiger partial charge >= 0.3 is 5.69 Å². The van der Waals surface area contributed by atoms with Crippen LogP contribution in [0, 0.1) is 5.92 Å². The average molecular weight is 768 g/mol. The summed E-state index contributed by atoms with van der Waals surface area (Å²) in [4.78, 5) is 52.7. The number of H-pyrrole nitrogens is 1. The number of hydrogen-bond acceptors (Lipinski definition) is 8. The van der Waals surface area contributed by atoms with E-state index in [9.17, 15) is 14.4 Å². The molecule has 0 atom stereocenters. The van der Waals surface area contributed by atoms with Gasteiger partial charge in [0.2, 0.25) is 5.91 Å². The van der Waals surface area contributed by atoms with Gasteiger partial charge in [-0.05, 0) is 78.7 Å². The van der Waals surface area contributed by atoms with E-state index in [0.29, 0.717) is 38.1 Å². The number of amides is 2. The number of piperazine rings is 1. The number of nitrogens with zero attached hydrogens (tertiary/aromatic N) is 5. The fourth-order valence-electron chi connectivity index (χ4n) is 6.83. The second-order valence-corrected chi connectivity index (χ2v) is 16.9. The van der Waals surface area contributed by atoms with Crippen molar-refractivity contribution in [2.45, 2.75) is 78.2 Å². The standard InChI is InChI=1S/C21H29N7O.C21H32N4O2/c1-21(2,3)17-11-15-13-28(20(29)27-18(15)26-17)16-7-5-14(6-8-16)12-24-9-4-10-25-19(22)23;1-21(2,3)17-12-16(13-18(14-17)24-10-6-23-7-11-24)20(27)25-8-4-15(5-9-25)19(22)26/h5-8,11,13,24H,4,9-10,12H2,1-3H3,(H4,22,23,25)(H,26,27,29);12-15,23H,4-11H2,1-3H3,(H2,22,26). The fourth-order valence-corrected chi connectivity index (χ4v) is 6.83. The normalized spacial score (nSPS) is 15.3. The van der Waals surface area contributed by atoms with Gasteiger partial charge in [0.05, 0.1) is 5.69 Å². The number of rotatable bonds is 10. The summed E-state index contributed by atoms with van der Waals surface area (Å²) in [5.74, 6) is -0.178. The van der Waals surface area contributed by atoms with E-state index >= 15 is 0 Å². The molecule has 2 aromatic heterocycles. The number of hydrogen-bond donors (Lipinski definition) is 6. The van der Waals surface area contributed by atoms with E-state index in [0.717, 1.165) is 79.3 Å². The number of piperidine rings is 1. The lowest BCUT2D eigenvalue weighted by molar-refractivity contribution is -0.123. The molecule has 302 valence electrons. The number of carbonyl (C=O) groups excluding carboxylic acids is 2. The van der Waals surface area contributed by atoms with E-state index in [2.05, 4.69) is 84.2 Å². The number of guanidine groups is 1. The number of fused-ring (bicyclic) bond motifs is 1. The van der Waals surface area contributed by atoms with Crippen LogP contribution in [0.5, 0.6) is 0 Å². The molecule has 56 heavy (non-hydrogen) atoms. The van der Waals surface area contributed by atoms with Crippen molar-refractivity contribution in [3.05, 3.63) is 87.6 Å². The van der Waals surface area contributed by atoms with Gasteiger partial charge in [-0.2, -0.15) is 4.98 Å². The van der Waals surface area contributed by atoms with Crippen molar-refractivity contribution < 1.29 is 9.59 Å². The number of anilines is 1. The first-order valence-corrected chi connectivity index (χ1v) is 19.7. The van der Waals surface area contributed by atoms with Gasteiger partial charge in [0.15, 0.2) is 5.96 Å². The van der Waals surface area contributed by atoms with Crippen molar-refractivity contribution in [3.8, 4) is 5.69 Å². The lowest BCUT2D eigenvalue weighted by Crippen LogP contribution is -2.44. The topological polar surface area (TPSA) is 206 Å². The maximum absolute atomic E-state index is 13.2. The number of nitrogens with two attached hydrogens (primary N) is 3. The smallest absolute Gasteiger partial charge is 0.354 e. The predicted molar refractivity (Wildman–Crippen MR) is 225 cm³/mol. The molecule has 2 aliphatic rings. The maximum atomic E-state index is 13.2. The van der Waals surface area contributed by atoms with Gasteiger partial charge < -0.3 is 42.6 Å². The molecule has 4 heterocycles. The highest BCUT2D eigenvalue weighted by Crippen LogP contribution is 2.30. The van der Waals surface area contributed by atoms with Gasteiger partial charge in [0.1, 0.15) is 5.65 Å². The summed E-state index contributed by atoms with van der Waals surface area (Å²) in [6, 6.07) is 16.2. The Labute approximate surface area is 330 Å². The van der Waals surface area contributed by atoms with Crippen molar-refractivity contribution in [3.63, 3.8) is 0 Å². The van der Waals surface area contributed by atoms with E-state index in [1.807, 2.05) is 47.5 Å². The van der Waals surface area contributed by atoms with Gasteiger partial charge in [-0.1, -0.05) is 53.7 Å². The molecule has 0 spiro atoms. The highest BCUT2D eigenvalue weighted by Gasteiger charge is 2.28. The van der Waals surface area contributed by atoms with Crippen molar-refractivity contribution in [2.24, 2.45) is 28.1 Å². The molecule has 2 amide bonds. The lowest BCUT2D eigenvalue weighted by Gasteiger charge is -2.33. The largest absolute Gasteiger partial charge is 0.370 e. The van der Waals surface area contributed by atoms with Gasteiger partial charge in [-0.3, -0.25) is 19.1 Å². The zero-order valence-electron chi connectivity index (χ0n) is 34.0. The SMILES string of the molecule is CC(C)(C)c1cc(C(=O)N2CCC(C(N)=O)CC2)cc(N2CCNCC2)c1.CC(C)(C)c1cc2cn(-c3ccc(CNCCCN=C(N)N)cc3)c(=O)nc2[nH]1. The number of aliphatic imine (C=N–C) groups is 1. The monoisotopic (exact) mass is 767 g/mol. The maximum Gasteiger partial charge on any atom is 0.354 e. The summed E-state index contributed by atoms with van der Waals surface area (Å²) in [5, 5.41) is 7.65. The molecule has 0 unspecified atom stereocenters. The molecule has 2 aliphatic heterocycles. The average Bonchev–Trinajstić information content (AvgIpc) is 3.60. The third-order valence-electron chi connectivity index (χ3n) is 10.4. The summed E-state index contributed by atoms with van der Waals surface area (Å²) in [6.45, 7) is 20.1. The molecule has 0 radical (unpaired) electrons. The molecule has 2 aromatic carbocycles. The molecule has 0 aliphatic carbocycles. The van der Waals surface area contributed by atoms with E-state index in [4.69, 9.17) is 17.2 Å². The van der Waals surface area contributed by atoms with Gasteiger partial charge in [-0.15, -0.1) is 0 Å². The Bertz CT molecular complexity index is 2040. The molecule has 0 bridgehead atoms. The summed E-state index contributed by atoms with van der Waals surface area (Å²) in [5.41, 5.74) is 22.3. The zero-order valence-corrected chi connectivity index (χ0v) is 34.0. The Morgan fingerprint density at radius 2 is 1.57 bits per heavy atom. The third-order valence-corrected chi connectivity index (χ3v) is 10.4. The van der Waals surface area contributed by atoms with E-state index in [1.165, 1.54) is 5.56 Å². The molecule has 4 aromatic rings. The van der Waals surface area contributed by atoms with Crippen LogP contribution in [-0.2, 0) is 22.2 Å². The quantitative estimate of drug-likeness (QED) is 0.0793. The predicted octanol–water partition coefficient (Wildman–Crippen LogP) is 3.50.